The van der Waals surface area contributed by atoms with Crippen molar-refractivity contribution in [2.24, 2.45) is 0 Å². The number of alkyl halides is 3. The molecular formula is C18H16F3N3O. The van der Waals surface area contributed by atoms with Gasteiger partial charge in [0.1, 0.15) is 0 Å². The van der Waals surface area contributed by atoms with E-state index in [0.29, 0.717) is 12.2 Å². The van der Waals surface area contributed by atoms with Crippen LogP contribution in [0.2, 0.25) is 0 Å². The average molecular weight is 347 g/mol. The lowest BCUT2D eigenvalue weighted by Gasteiger charge is -2.39. The molecule has 0 saturated carbocycles. The molecule has 0 N–H and O–H groups in total. The molecule has 0 radical (unpaired) electrons. The Morgan fingerprint density at radius 3 is 2.64 bits per heavy atom. The standard InChI is InChI=1S/C18H16F3N3O/c19-18(20,21)13-7-5-12(6-8-13)17(25)24-11-14-3-2-10-23(14)16-15(24)4-1-9-22-16/h1,4-9,14H,2-3,10-11H2/t14-/m0/s1. The predicted molar refractivity (Wildman–Crippen MR) is 87.7 cm³/mol. The van der Waals surface area contributed by atoms with Gasteiger partial charge in [-0.2, -0.15) is 13.2 Å². The number of aromatic nitrogens is 1. The van der Waals surface area contributed by atoms with Crippen LogP contribution in [-0.4, -0.2) is 30.0 Å². The SMILES string of the molecule is O=C(c1ccc(C(F)(F)F)cc1)N1C[C@@H]2CCCN2c2ncccc21. The van der Waals surface area contributed by atoms with Crippen molar-refractivity contribution >= 4 is 17.4 Å². The third kappa shape index (κ3) is 2.73. The maximum Gasteiger partial charge on any atom is 0.416 e. The lowest BCUT2D eigenvalue weighted by Crippen LogP contribution is -2.48. The highest BCUT2D eigenvalue weighted by atomic mass is 19.4. The number of amides is 1. The van der Waals surface area contributed by atoms with Gasteiger partial charge in [-0.25, -0.2) is 4.98 Å². The minimum absolute atomic E-state index is 0.209. The molecule has 0 aliphatic carbocycles. The molecule has 130 valence electrons. The summed E-state index contributed by atoms with van der Waals surface area (Å²) in [5, 5.41) is 0. The molecule has 1 atom stereocenters. The van der Waals surface area contributed by atoms with Crippen LogP contribution in [0.3, 0.4) is 0 Å². The first kappa shape index (κ1) is 15.9. The molecule has 0 unspecified atom stereocenters. The number of carbonyl (C=O) groups is 1. The largest absolute Gasteiger partial charge is 0.416 e. The molecule has 0 bridgehead atoms. The van der Waals surface area contributed by atoms with Crippen LogP contribution in [0.15, 0.2) is 42.6 Å². The monoisotopic (exact) mass is 347 g/mol. The Kier molecular flexibility index (Phi) is 3.67. The number of halogens is 3. The fourth-order valence-electron chi connectivity index (χ4n) is 3.58. The van der Waals surface area contributed by atoms with Crippen molar-refractivity contribution in [1.29, 1.82) is 0 Å². The summed E-state index contributed by atoms with van der Waals surface area (Å²) < 4.78 is 38.1. The van der Waals surface area contributed by atoms with Crippen molar-refractivity contribution < 1.29 is 18.0 Å². The lowest BCUT2D eigenvalue weighted by molar-refractivity contribution is -0.137. The third-order valence-electron chi connectivity index (χ3n) is 4.80. The van der Waals surface area contributed by atoms with Gasteiger partial charge >= 0.3 is 6.18 Å². The normalized spacial score (nSPS) is 19.6. The van der Waals surface area contributed by atoms with E-state index >= 15 is 0 Å². The molecule has 1 saturated heterocycles. The van der Waals surface area contributed by atoms with Crippen molar-refractivity contribution in [3.63, 3.8) is 0 Å². The van der Waals surface area contributed by atoms with Crippen molar-refractivity contribution in [1.82, 2.24) is 4.98 Å². The summed E-state index contributed by atoms with van der Waals surface area (Å²) in [6.07, 6.45) is -0.691. The summed E-state index contributed by atoms with van der Waals surface area (Å²) in [6, 6.07) is 8.18. The topological polar surface area (TPSA) is 36.4 Å². The predicted octanol–water partition coefficient (Wildman–Crippen LogP) is 3.73. The molecule has 4 rings (SSSR count). The maximum atomic E-state index is 12.9. The first-order chi connectivity index (χ1) is 11.9. The Labute approximate surface area is 142 Å². The number of hydrogen-bond donors (Lipinski definition) is 0. The second-order valence-corrected chi connectivity index (χ2v) is 6.33. The zero-order valence-corrected chi connectivity index (χ0v) is 13.3. The first-order valence-corrected chi connectivity index (χ1v) is 8.16. The summed E-state index contributed by atoms with van der Waals surface area (Å²) in [5.74, 6) is 0.478. The second kappa shape index (κ2) is 5.75. The maximum absolute atomic E-state index is 12.9. The van der Waals surface area contributed by atoms with Crippen LogP contribution in [0.25, 0.3) is 0 Å². The van der Waals surface area contributed by atoms with Crippen LogP contribution < -0.4 is 9.80 Å². The molecule has 0 spiro atoms. The summed E-state index contributed by atoms with van der Waals surface area (Å²) in [5.41, 5.74) is 0.200. The molecule has 7 heteroatoms. The van der Waals surface area contributed by atoms with Crippen molar-refractivity contribution in [3.05, 3.63) is 53.7 Å². The van der Waals surface area contributed by atoms with Gasteiger partial charge in [-0.15, -0.1) is 0 Å². The van der Waals surface area contributed by atoms with Gasteiger partial charge in [-0.3, -0.25) is 4.79 Å². The van der Waals surface area contributed by atoms with Crippen molar-refractivity contribution in [3.8, 4) is 0 Å². The molecule has 2 aromatic rings. The molecule has 2 aliphatic heterocycles. The van der Waals surface area contributed by atoms with E-state index in [-0.39, 0.29) is 17.5 Å². The minimum Gasteiger partial charge on any atom is -0.350 e. The van der Waals surface area contributed by atoms with E-state index in [4.69, 9.17) is 0 Å². The average Bonchev–Trinajstić information content (AvgIpc) is 3.08. The zero-order valence-electron chi connectivity index (χ0n) is 13.3. The van der Waals surface area contributed by atoms with Gasteiger partial charge in [0.15, 0.2) is 5.82 Å². The Hall–Kier alpha value is -2.57. The smallest absolute Gasteiger partial charge is 0.350 e. The van der Waals surface area contributed by atoms with Gasteiger partial charge in [0.2, 0.25) is 0 Å². The van der Waals surface area contributed by atoms with E-state index in [0.717, 1.165) is 37.3 Å². The molecule has 1 aromatic carbocycles. The second-order valence-electron chi connectivity index (χ2n) is 6.33. The van der Waals surface area contributed by atoms with E-state index in [2.05, 4.69) is 9.88 Å². The Morgan fingerprint density at radius 1 is 1.16 bits per heavy atom. The molecule has 3 heterocycles. The Morgan fingerprint density at radius 2 is 1.92 bits per heavy atom. The van der Waals surface area contributed by atoms with E-state index < -0.39 is 11.7 Å². The molecule has 1 fully saturated rings. The number of hydrogen-bond acceptors (Lipinski definition) is 3. The van der Waals surface area contributed by atoms with Crippen LogP contribution in [0.4, 0.5) is 24.7 Å². The van der Waals surface area contributed by atoms with E-state index in [1.54, 1.807) is 17.2 Å². The quantitative estimate of drug-likeness (QED) is 0.789. The Balaban J connectivity index is 1.67. The van der Waals surface area contributed by atoms with Gasteiger partial charge in [-0.05, 0) is 49.2 Å². The summed E-state index contributed by atoms with van der Waals surface area (Å²) in [7, 11) is 0. The van der Waals surface area contributed by atoms with Gasteiger partial charge in [0, 0.05) is 30.9 Å². The summed E-state index contributed by atoms with van der Waals surface area (Å²) in [6.45, 7) is 1.44. The number of fused-ring (bicyclic) bond motifs is 3. The highest BCUT2D eigenvalue weighted by Gasteiger charge is 2.37. The van der Waals surface area contributed by atoms with Crippen molar-refractivity contribution in [2.45, 2.75) is 25.1 Å². The van der Waals surface area contributed by atoms with E-state index in [1.807, 2.05) is 6.07 Å². The molecular weight excluding hydrogens is 331 g/mol. The van der Waals surface area contributed by atoms with Crippen LogP contribution in [0.5, 0.6) is 0 Å². The summed E-state index contributed by atoms with van der Waals surface area (Å²) in [4.78, 5) is 21.2. The Bertz CT molecular complexity index is 804. The van der Waals surface area contributed by atoms with Crippen molar-refractivity contribution in [2.75, 3.05) is 22.9 Å². The minimum atomic E-state index is -4.41. The molecule has 25 heavy (non-hydrogen) atoms. The zero-order chi connectivity index (χ0) is 17.6. The van der Waals surface area contributed by atoms with E-state index in [9.17, 15) is 18.0 Å². The van der Waals surface area contributed by atoms with Gasteiger partial charge in [-0.1, -0.05) is 0 Å². The number of carbonyl (C=O) groups excluding carboxylic acids is 1. The third-order valence-corrected chi connectivity index (χ3v) is 4.80. The summed E-state index contributed by atoms with van der Waals surface area (Å²) >= 11 is 0. The lowest BCUT2D eigenvalue weighted by atomic mass is 10.1. The number of nitrogens with zero attached hydrogens (tertiary/aromatic N) is 3. The molecule has 4 nitrogen and oxygen atoms in total. The number of rotatable bonds is 1. The number of pyridine rings is 1. The van der Waals surface area contributed by atoms with Gasteiger partial charge in [0.25, 0.3) is 5.91 Å². The van der Waals surface area contributed by atoms with E-state index in [1.165, 1.54) is 12.1 Å². The number of anilines is 2. The van der Waals surface area contributed by atoms with Crippen LogP contribution >= 0.6 is 0 Å². The molecule has 2 aliphatic rings. The van der Waals surface area contributed by atoms with Crippen LogP contribution in [0.1, 0.15) is 28.8 Å². The molecule has 1 amide bonds. The highest BCUT2D eigenvalue weighted by Crippen LogP contribution is 2.38. The fourth-order valence-corrected chi connectivity index (χ4v) is 3.58. The van der Waals surface area contributed by atoms with Gasteiger partial charge in [0.05, 0.1) is 11.3 Å². The fraction of sp³-hybridized carbons (Fsp3) is 0.333. The van der Waals surface area contributed by atoms with Gasteiger partial charge < -0.3 is 9.80 Å². The van der Waals surface area contributed by atoms with Crippen LogP contribution in [-0.2, 0) is 6.18 Å². The first-order valence-electron chi connectivity index (χ1n) is 8.16. The molecule has 1 aromatic heterocycles. The van der Waals surface area contributed by atoms with Crippen LogP contribution in [0, 0.1) is 0 Å². The highest BCUT2D eigenvalue weighted by molar-refractivity contribution is 6.08. The number of benzene rings is 1.